The highest BCUT2D eigenvalue weighted by molar-refractivity contribution is 6.42. The molecule has 0 aliphatic carbocycles. The maximum atomic E-state index is 12.3. The van der Waals surface area contributed by atoms with Gasteiger partial charge in [-0.05, 0) is 65.7 Å². The molecule has 3 aromatic carbocycles. The molecule has 8 heteroatoms. The van der Waals surface area contributed by atoms with E-state index < -0.39 is 5.97 Å². The Morgan fingerprint density at radius 3 is 2.58 bits per heavy atom. The second kappa shape index (κ2) is 9.90. The van der Waals surface area contributed by atoms with Crippen LogP contribution < -0.4 is 10.1 Å². The molecule has 0 radical (unpaired) electrons. The predicted molar refractivity (Wildman–Crippen MR) is 129 cm³/mol. The Balaban J connectivity index is 1.47. The third kappa shape index (κ3) is 5.80. The molecule has 1 aliphatic rings. The van der Waals surface area contributed by atoms with Gasteiger partial charge < -0.3 is 14.8 Å². The normalized spacial score (nSPS) is 14.1. The summed E-state index contributed by atoms with van der Waals surface area (Å²) in [5.74, 6) is 0.117. The highest BCUT2D eigenvalue weighted by Crippen LogP contribution is 2.25. The van der Waals surface area contributed by atoms with E-state index in [2.05, 4.69) is 10.3 Å². The van der Waals surface area contributed by atoms with E-state index in [1.165, 1.54) is 6.92 Å². The number of esters is 1. The van der Waals surface area contributed by atoms with Gasteiger partial charge >= 0.3 is 5.97 Å². The van der Waals surface area contributed by atoms with Crippen molar-refractivity contribution in [3.63, 3.8) is 0 Å². The van der Waals surface area contributed by atoms with Crippen molar-refractivity contribution in [1.82, 2.24) is 0 Å². The first-order valence-corrected chi connectivity index (χ1v) is 10.7. The highest BCUT2D eigenvalue weighted by Gasteiger charge is 2.24. The molecule has 1 aliphatic heterocycles. The third-order valence-electron chi connectivity index (χ3n) is 4.62. The Morgan fingerprint density at radius 2 is 1.85 bits per heavy atom. The van der Waals surface area contributed by atoms with Gasteiger partial charge in [-0.3, -0.25) is 4.79 Å². The molecule has 6 nitrogen and oxygen atoms in total. The second-order valence-electron chi connectivity index (χ2n) is 7.20. The van der Waals surface area contributed by atoms with E-state index in [1.54, 1.807) is 48.5 Å². The van der Waals surface area contributed by atoms with Gasteiger partial charge in [0.15, 0.2) is 5.70 Å². The summed E-state index contributed by atoms with van der Waals surface area (Å²) < 4.78 is 11.1. The maximum Gasteiger partial charge on any atom is 0.363 e. The molecule has 0 aromatic heterocycles. The van der Waals surface area contributed by atoms with Gasteiger partial charge in [-0.15, -0.1) is 0 Å². The van der Waals surface area contributed by atoms with Gasteiger partial charge in [0.1, 0.15) is 12.4 Å². The van der Waals surface area contributed by atoms with E-state index in [0.717, 1.165) is 11.1 Å². The van der Waals surface area contributed by atoms with E-state index in [0.29, 0.717) is 33.7 Å². The number of amides is 1. The van der Waals surface area contributed by atoms with Gasteiger partial charge in [-0.1, -0.05) is 41.4 Å². The first-order chi connectivity index (χ1) is 15.9. The molecular weight excluding hydrogens is 463 g/mol. The third-order valence-corrected chi connectivity index (χ3v) is 5.36. The summed E-state index contributed by atoms with van der Waals surface area (Å²) in [6, 6.07) is 19.5. The molecule has 166 valence electrons. The molecule has 0 saturated carbocycles. The SMILES string of the molecule is CC(=O)Nc1ccc(C2=N/C(=C\c3cccc(OCc4ccc(Cl)c(Cl)c4)c3)C(=O)O2)cc1. The Kier molecular flexibility index (Phi) is 6.77. The second-order valence-corrected chi connectivity index (χ2v) is 8.02. The quantitative estimate of drug-likeness (QED) is 0.353. The monoisotopic (exact) mass is 480 g/mol. The van der Waals surface area contributed by atoms with E-state index in [4.69, 9.17) is 32.7 Å². The van der Waals surface area contributed by atoms with Crippen molar-refractivity contribution in [2.75, 3.05) is 5.32 Å². The Labute approximate surface area is 200 Å². The van der Waals surface area contributed by atoms with Gasteiger partial charge in [0.2, 0.25) is 11.8 Å². The lowest BCUT2D eigenvalue weighted by Gasteiger charge is -2.08. The molecular formula is C25H18Cl2N2O4. The summed E-state index contributed by atoms with van der Waals surface area (Å²) in [5, 5.41) is 3.64. The van der Waals surface area contributed by atoms with Crippen molar-refractivity contribution in [2.45, 2.75) is 13.5 Å². The highest BCUT2D eigenvalue weighted by atomic mass is 35.5. The number of cyclic esters (lactones) is 1. The lowest BCUT2D eigenvalue weighted by molar-refractivity contribution is -0.129. The number of aliphatic imine (C=N–C) groups is 1. The Morgan fingerprint density at radius 1 is 1.06 bits per heavy atom. The smallest absolute Gasteiger partial charge is 0.363 e. The Hall–Kier alpha value is -3.61. The molecule has 3 aromatic rings. The van der Waals surface area contributed by atoms with Crippen LogP contribution in [-0.2, 0) is 20.9 Å². The van der Waals surface area contributed by atoms with Gasteiger partial charge in [-0.25, -0.2) is 9.79 Å². The van der Waals surface area contributed by atoms with E-state index >= 15 is 0 Å². The van der Waals surface area contributed by atoms with Crippen molar-refractivity contribution in [2.24, 2.45) is 4.99 Å². The fourth-order valence-corrected chi connectivity index (χ4v) is 3.40. The summed E-state index contributed by atoms with van der Waals surface area (Å²) in [5.41, 5.74) is 3.06. The molecule has 0 atom stereocenters. The topological polar surface area (TPSA) is 77.0 Å². The number of nitrogens with one attached hydrogen (secondary N) is 1. The molecule has 4 rings (SSSR count). The first-order valence-electron chi connectivity index (χ1n) is 9.95. The van der Waals surface area contributed by atoms with Crippen LogP contribution in [0.5, 0.6) is 5.75 Å². The largest absolute Gasteiger partial charge is 0.489 e. The minimum atomic E-state index is -0.543. The summed E-state index contributed by atoms with van der Waals surface area (Å²) in [6.07, 6.45) is 1.63. The molecule has 1 N–H and O–H groups in total. The molecule has 1 heterocycles. The number of carbonyl (C=O) groups excluding carboxylic acids is 2. The lowest BCUT2D eigenvalue weighted by atomic mass is 10.2. The molecule has 0 spiro atoms. The van der Waals surface area contributed by atoms with Crippen molar-refractivity contribution in [3.8, 4) is 5.75 Å². The summed E-state index contributed by atoms with van der Waals surface area (Å²) in [6.45, 7) is 1.75. The number of halogens is 2. The molecule has 33 heavy (non-hydrogen) atoms. The fraction of sp³-hybridized carbons (Fsp3) is 0.0800. The van der Waals surface area contributed by atoms with Crippen LogP contribution in [0.4, 0.5) is 5.69 Å². The van der Waals surface area contributed by atoms with Crippen molar-refractivity contribution in [3.05, 3.63) is 99.2 Å². The number of hydrogen-bond acceptors (Lipinski definition) is 5. The van der Waals surface area contributed by atoms with Crippen molar-refractivity contribution < 1.29 is 19.1 Å². The average Bonchev–Trinajstić information content (AvgIpc) is 3.15. The number of nitrogens with zero attached hydrogens (tertiary/aromatic N) is 1. The van der Waals surface area contributed by atoms with E-state index in [1.807, 2.05) is 24.3 Å². The van der Waals surface area contributed by atoms with Crippen LogP contribution in [0.25, 0.3) is 6.08 Å². The van der Waals surface area contributed by atoms with Crippen LogP contribution in [0, 0.1) is 0 Å². The van der Waals surface area contributed by atoms with E-state index in [-0.39, 0.29) is 17.5 Å². The van der Waals surface area contributed by atoms with E-state index in [9.17, 15) is 9.59 Å². The fourth-order valence-electron chi connectivity index (χ4n) is 3.08. The number of anilines is 1. The number of hydrogen-bond donors (Lipinski definition) is 1. The summed E-state index contributed by atoms with van der Waals surface area (Å²) in [4.78, 5) is 27.8. The minimum absolute atomic E-state index is 0.166. The van der Waals surface area contributed by atoms with Crippen LogP contribution in [0.3, 0.4) is 0 Å². The lowest BCUT2D eigenvalue weighted by Crippen LogP contribution is -2.07. The molecule has 0 unspecified atom stereocenters. The number of ether oxygens (including phenoxy) is 2. The summed E-state index contributed by atoms with van der Waals surface area (Å²) in [7, 11) is 0. The molecule has 0 saturated heterocycles. The van der Waals surface area contributed by atoms with Crippen LogP contribution in [0.1, 0.15) is 23.6 Å². The number of rotatable bonds is 6. The van der Waals surface area contributed by atoms with Crippen LogP contribution in [0.2, 0.25) is 10.0 Å². The summed E-state index contributed by atoms with van der Waals surface area (Å²) >= 11 is 12.0. The minimum Gasteiger partial charge on any atom is -0.489 e. The van der Waals surface area contributed by atoms with Crippen molar-refractivity contribution >= 4 is 52.7 Å². The van der Waals surface area contributed by atoms with Crippen LogP contribution >= 0.6 is 23.2 Å². The molecule has 0 fully saturated rings. The predicted octanol–water partition coefficient (Wildman–Crippen LogP) is 5.88. The first kappa shape index (κ1) is 22.6. The average molecular weight is 481 g/mol. The van der Waals surface area contributed by atoms with Crippen LogP contribution in [-0.4, -0.2) is 17.8 Å². The number of carbonyl (C=O) groups is 2. The van der Waals surface area contributed by atoms with Crippen molar-refractivity contribution in [1.29, 1.82) is 0 Å². The van der Waals surface area contributed by atoms with Gasteiger partial charge in [0.25, 0.3) is 0 Å². The maximum absolute atomic E-state index is 12.3. The Bertz CT molecular complexity index is 1280. The van der Waals surface area contributed by atoms with Crippen LogP contribution in [0.15, 0.2) is 77.4 Å². The zero-order chi connectivity index (χ0) is 23.4. The van der Waals surface area contributed by atoms with Gasteiger partial charge in [-0.2, -0.15) is 0 Å². The molecule has 1 amide bonds. The van der Waals surface area contributed by atoms with Gasteiger partial charge in [0, 0.05) is 18.2 Å². The van der Waals surface area contributed by atoms with Gasteiger partial charge in [0.05, 0.1) is 10.0 Å². The standard InChI is InChI=1S/C25H18Cl2N2O4/c1-15(30)28-19-8-6-18(7-9-19)24-29-23(25(31)33-24)13-16-3-2-4-20(11-16)32-14-17-5-10-21(26)22(27)12-17/h2-13H,14H2,1H3,(H,28,30)/b23-13-. The zero-order valence-electron chi connectivity index (χ0n) is 17.5. The molecule has 0 bridgehead atoms. The zero-order valence-corrected chi connectivity index (χ0v) is 19.0. The number of benzene rings is 3.